The molecule has 9 heteroatoms. The Morgan fingerprint density at radius 2 is 1.93 bits per heavy atom. The average molecular weight is 397 g/mol. The van der Waals surface area contributed by atoms with Crippen molar-refractivity contribution in [1.82, 2.24) is 24.8 Å². The van der Waals surface area contributed by atoms with Gasteiger partial charge in [0, 0.05) is 38.5 Å². The summed E-state index contributed by atoms with van der Waals surface area (Å²) >= 11 is 0. The van der Waals surface area contributed by atoms with Crippen LogP contribution in [0, 0.1) is 0 Å². The molecule has 2 unspecified atom stereocenters. The average Bonchev–Trinajstić information content (AvgIpc) is 3.28. The molecule has 0 aliphatic carbocycles. The zero-order chi connectivity index (χ0) is 20.2. The van der Waals surface area contributed by atoms with Crippen molar-refractivity contribution in [1.29, 1.82) is 0 Å². The third-order valence-corrected chi connectivity index (χ3v) is 5.45. The van der Waals surface area contributed by atoms with E-state index in [2.05, 4.69) is 32.1 Å². The van der Waals surface area contributed by atoms with Crippen LogP contribution in [-0.4, -0.2) is 69.5 Å². The summed E-state index contributed by atoms with van der Waals surface area (Å²) in [5, 5.41) is 3.17. The first-order valence-corrected chi connectivity index (χ1v) is 10.1. The highest BCUT2D eigenvalue weighted by atomic mass is 16.5. The van der Waals surface area contributed by atoms with Gasteiger partial charge in [0.2, 0.25) is 11.9 Å². The van der Waals surface area contributed by atoms with E-state index < -0.39 is 0 Å². The van der Waals surface area contributed by atoms with Crippen molar-refractivity contribution < 1.29 is 9.53 Å². The number of hydrogen-bond donors (Lipinski definition) is 2. The van der Waals surface area contributed by atoms with Gasteiger partial charge in [0.05, 0.1) is 6.04 Å². The highest BCUT2D eigenvalue weighted by molar-refractivity contribution is 5.81. The number of benzene rings is 1. The maximum Gasteiger partial charge on any atom is 0.251 e. The predicted octanol–water partition coefficient (Wildman–Crippen LogP) is 1.58. The minimum atomic E-state index is -0.256. The van der Waals surface area contributed by atoms with E-state index >= 15 is 0 Å². The number of anilines is 3. The first kappa shape index (κ1) is 19.5. The molecule has 2 fully saturated rings. The minimum absolute atomic E-state index is 0.0309. The number of nitrogens with two attached hydrogens (primary N) is 1. The molecule has 0 spiro atoms. The lowest BCUT2D eigenvalue weighted by molar-refractivity contribution is -0.143. The summed E-state index contributed by atoms with van der Waals surface area (Å²) in [4.78, 5) is 29.8. The number of nitrogens with one attached hydrogen (secondary N) is 1. The summed E-state index contributed by atoms with van der Waals surface area (Å²) in [6.07, 6.45) is 1.54. The van der Waals surface area contributed by atoms with E-state index in [-0.39, 0.29) is 24.0 Å². The van der Waals surface area contributed by atoms with Crippen LogP contribution in [0.4, 0.5) is 17.6 Å². The molecule has 2 atom stereocenters. The van der Waals surface area contributed by atoms with Crippen LogP contribution in [0.3, 0.4) is 0 Å². The third-order valence-electron chi connectivity index (χ3n) is 5.45. The molecule has 154 valence electrons. The lowest BCUT2D eigenvalue weighted by Gasteiger charge is -2.38. The molecule has 3 N–H and O–H groups in total. The Morgan fingerprint density at radius 1 is 1.17 bits per heavy atom. The molecule has 2 aliphatic rings. The largest absolute Gasteiger partial charge is 0.368 e. The first-order valence-electron chi connectivity index (χ1n) is 10.1. The van der Waals surface area contributed by atoms with Crippen molar-refractivity contribution in [3.63, 3.8) is 0 Å². The van der Waals surface area contributed by atoms with E-state index in [1.165, 1.54) is 0 Å². The molecule has 0 radical (unpaired) electrons. The normalized spacial score (nSPS) is 21.1. The summed E-state index contributed by atoms with van der Waals surface area (Å²) in [6.45, 7) is 5.61. The van der Waals surface area contributed by atoms with Crippen LogP contribution in [-0.2, 0) is 9.53 Å². The van der Waals surface area contributed by atoms with Crippen LogP contribution >= 0.6 is 0 Å². The highest BCUT2D eigenvalue weighted by Gasteiger charge is 2.32. The maximum atomic E-state index is 12.5. The van der Waals surface area contributed by atoms with Crippen LogP contribution in [0.5, 0.6) is 0 Å². The number of carbonyl (C=O) groups excluding carboxylic acids is 1. The Morgan fingerprint density at radius 3 is 2.62 bits per heavy atom. The standard InChI is InChI=1S/C20H27N7O2/c1-14(26-9-11-27(12-10-26)18(28)16-8-5-13-29-16)17-23-19(21)25-20(24-17)22-15-6-3-2-4-7-15/h2-4,6-7,14,16H,5,8-13H2,1H3,(H3,21,22,23,24,25). The van der Waals surface area contributed by atoms with E-state index in [1.54, 1.807) is 0 Å². The molecule has 4 rings (SSSR count). The molecule has 1 amide bonds. The number of ether oxygens (including phenoxy) is 1. The Balaban J connectivity index is 1.39. The third kappa shape index (κ3) is 4.63. The molecule has 2 aliphatic heterocycles. The number of nitrogen functional groups attached to an aromatic ring is 1. The molecular formula is C20H27N7O2. The van der Waals surface area contributed by atoms with Crippen LogP contribution in [0.15, 0.2) is 30.3 Å². The molecule has 2 saturated heterocycles. The minimum Gasteiger partial charge on any atom is -0.368 e. The lowest BCUT2D eigenvalue weighted by Crippen LogP contribution is -2.51. The Labute approximate surface area is 170 Å². The van der Waals surface area contributed by atoms with Crippen LogP contribution in [0.1, 0.15) is 31.6 Å². The van der Waals surface area contributed by atoms with Gasteiger partial charge in [0.1, 0.15) is 6.10 Å². The van der Waals surface area contributed by atoms with Gasteiger partial charge in [-0.1, -0.05) is 18.2 Å². The topological polar surface area (TPSA) is 109 Å². The van der Waals surface area contributed by atoms with E-state index in [0.29, 0.717) is 31.5 Å². The van der Waals surface area contributed by atoms with Gasteiger partial charge < -0.3 is 20.7 Å². The van der Waals surface area contributed by atoms with E-state index in [9.17, 15) is 4.79 Å². The number of para-hydroxylation sites is 1. The van der Waals surface area contributed by atoms with Gasteiger partial charge in [0.15, 0.2) is 5.82 Å². The number of nitrogens with zero attached hydrogens (tertiary/aromatic N) is 5. The zero-order valence-corrected chi connectivity index (χ0v) is 16.6. The molecule has 29 heavy (non-hydrogen) atoms. The number of piperazine rings is 1. The summed E-state index contributed by atoms with van der Waals surface area (Å²) in [7, 11) is 0. The summed E-state index contributed by atoms with van der Waals surface area (Å²) in [6, 6.07) is 9.67. The summed E-state index contributed by atoms with van der Waals surface area (Å²) < 4.78 is 5.53. The Kier molecular flexibility index (Phi) is 5.86. The molecule has 3 heterocycles. The molecule has 0 saturated carbocycles. The number of amides is 1. The second kappa shape index (κ2) is 8.71. The molecule has 1 aromatic carbocycles. The van der Waals surface area contributed by atoms with Crippen molar-refractivity contribution in [2.45, 2.75) is 31.9 Å². The van der Waals surface area contributed by atoms with E-state index in [1.807, 2.05) is 35.2 Å². The molecule has 2 aromatic rings. The summed E-state index contributed by atoms with van der Waals surface area (Å²) in [5.74, 6) is 1.36. The van der Waals surface area contributed by atoms with Crippen LogP contribution in [0.25, 0.3) is 0 Å². The second-order valence-electron chi connectivity index (χ2n) is 7.41. The van der Waals surface area contributed by atoms with Crippen molar-refractivity contribution >= 4 is 23.5 Å². The van der Waals surface area contributed by atoms with Crippen molar-refractivity contribution in [2.24, 2.45) is 0 Å². The van der Waals surface area contributed by atoms with Crippen LogP contribution in [0.2, 0.25) is 0 Å². The molecular weight excluding hydrogens is 370 g/mol. The maximum absolute atomic E-state index is 12.5. The van der Waals surface area contributed by atoms with Crippen molar-refractivity contribution in [3.8, 4) is 0 Å². The molecule has 0 bridgehead atoms. The monoisotopic (exact) mass is 397 g/mol. The van der Waals surface area contributed by atoms with Gasteiger partial charge in [-0.05, 0) is 31.9 Å². The van der Waals surface area contributed by atoms with Gasteiger partial charge >= 0.3 is 0 Å². The quantitative estimate of drug-likeness (QED) is 0.783. The molecule has 9 nitrogen and oxygen atoms in total. The summed E-state index contributed by atoms with van der Waals surface area (Å²) in [5.41, 5.74) is 6.81. The number of hydrogen-bond acceptors (Lipinski definition) is 8. The first-order chi connectivity index (χ1) is 14.1. The van der Waals surface area contributed by atoms with Gasteiger partial charge in [-0.3, -0.25) is 9.69 Å². The Bertz CT molecular complexity index is 834. The van der Waals surface area contributed by atoms with Gasteiger partial charge in [-0.15, -0.1) is 0 Å². The zero-order valence-electron chi connectivity index (χ0n) is 16.6. The van der Waals surface area contributed by atoms with E-state index in [0.717, 1.165) is 31.6 Å². The number of carbonyl (C=O) groups is 1. The molecule has 1 aromatic heterocycles. The van der Waals surface area contributed by atoms with E-state index in [4.69, 9.17) is 10.5 Å². The predicted molar refractivity (Wildman–Crippen MR) is 110 cm³/mol. The lowest BCUT2D eigenvalue weighted by atomic mass is 10.1. The fraction of sp³-hybridized carbons (Fsp3) is 0.500. The van der Waals surface area contributed by atoms with Gasteiger partial charge in [-0.25, -0.2) is 0 Å². The Hall–Kier alpha value is -2.78. The van der Waals surface area contributed by atoms with Crippen molar-refractivity contribution in [2.75, 3.05) is 43.8 Å². The fourth-order valence-electron chi connectivity index (χ4n) is 3.77. The SMILES string of the molecule is CC(c1nc(N)nc(Nc2ccccc2)n1)N1CCN(C(=O)C2CCCO2)CC1. The van der Waals surface area contributed by atoms with Gasteiger partial charge in [-0.2, -0.15) is 15.0 Å². The fourth-order valence-corrected chi connectivity index (χ4v) is 3.77. The van der Waals surface area contributed by atoms with Gasteiger partial charge in [0.25, 0.3) is 5.91 Å². The van der Waals surface area contributed by atoms with Crippen molar-refractivity contribution in [3.05, 3.63) is 36.2 Å². The highest BCUT2D eigenvalue weighted by Crippen LogP contribution is 2.22. The second-order valence-corrected chi connectivity index (χ2v) is 7.41. The number of aromatic nitrogens is 3. The smallest absolute Gasteiger partial charge is 0.251 e. The van der Waals surface area contributed by atoms with Crippen LogP contribution < -0.4 is 11.1 Å². The number of rotatable bonds is 5.